The predicted molar refractivity (Wildman–Crippen MR) is 79.6 cm³/mol. The molecule has 1 fully saturated rings. The van der Waals surface area contributed by atoms with Crippen molar-refractivity contribution in [2.24, 2.45) is 5.73 Å². The van der Waals surface area contributed by atoms with Crippen molar-refractivity contribution in [1.82, 2.24) is 4.90 Å². The lowest BCUT2D eigenvalue weighted by atomic mass is 9.88. The van der Waals surface area contributed by atoms with E-state index in [2.05, 4.69) is 11.8 Å². The van der Waals surface area contributed by atoms with Crippen molar-refractivity contribution >= 4 is 9.84 Å². The predicted octanol–water partition coefficient (Wildman–Crippen LogP) is -0.124. The van der Waals surface area contributed by atoms with E-state index >= 15 is 0 Å². The van der Waals surface area contributed by atoms with E-state index in [-0.39, 0.29) is 23.1 Å². The summed E-state index contributed by atoms with van der Waals surface area (Å²) >= 11 is 0. The van der Waals surface area contributed by atoms with Gasteiger partial charge in [0.05, 0.1) is 24.7 Å². The second-order valence-corrected chi connectivity index (χ2v) is 7.87. The largest absolute Gasteiger partial charge is 0.383 e. The molecule has 1 aliphatic heterocycles. The van der Waals surface area contributed by atoms with Gasteiger partial charge in [-0.3, -0.25) is 4.90 Å². The molecule has 1 atom stereocenters. The van der Waals surface area contributed by atoms with Crippen LogP contribution >= 0.6 is 0 Å². The van der Waals surface area contributed by atoms with E-state index in [0.29, 0.717) is 32.6 Å². The van der Waals surface area contributed by atoms with Crippen LogP contribution in [0.1, 0.15) is 19.8 Å². The molecule has 1 saturated heterocycles. The van der Waals surface area contributed by atoms with Crippen LogP contribution in [0.4, 0.5) is 0 Å². The highest BCUT2D eigenvalue weighted by Crippen LogP contribution is 2.31. The van der Waals surface area contributed by atoms with Crippen molar-refractivity contribution in [2.75, 3.05) is 52.0 Å². The van der Waals surface area contributed by atoms with Crippen molar-refractivity contribution in [1.29, 1.82) is 0 Å². The van der Waals surface area contributed by atoms with Crippen molar-refractivity contribution in [3.63, 3.8) is 0 Å². The number of sulfone groups is 1. The maximum atomic E-state index is 11.7. The SMILES string of the molecule is COCCN(C(C)COC)C1(CN)CCS(=O)(=O)CC1. The van der Waals surface area contributed by atoms with Gasteiger partial charge in [0, 0.05) is 38.9 Å². The van der Waals surface area contributed by atoms with Gasteiger partial charge in [0.1, 0.15) is 9.84 Å². The van der Waals surface area contributed by atoms with E-state index in [4.69, 9.17) is 15.2 Å². The molecule has 0 aromatic heterocycles. The Morgan fingerprint density at radius 2 is 1.85 bits per heavy atom. The van der Waals surface area contributed by atoms with Gasteiger partial charge in [-0.1, -0.05) is 0 Å². The van der Waals surface area contributed by atoms with Crippen LogP contribution in [-0.2, 0) is 19.3 Å². The molecule has 6 nitrogen and oxygen atoms in total. The number of hydrogen-bond donors (Lipinski definition) is 1. The van der Waals surface area contributed by atoms with Gasteiger partial charge in [0.15, 0.2) is 0 Å². The topological polar surface area (TPSA) is 81.9 Å². The maximum Gasteiger partial charge on any atom is 0.150 e. The van der Waals surface area contributed by atoms with Gasteiger partial charge >= 0.3 is 0 Å². The molecule has 0 radical (unpaired) electrons. The fourth-order valence-electron chi connectivity index (χ4n) is 2.97. The number of hydrogen-bond acceptors (Lipinski definition) is 6. The minimum atomic E-state index is -2.90. The first-order valence-electron chi connectivity index (χ1n) is 7.06. The molecule has 1 aliphatic rings. The fourth-order valence-corrected chi connectivity index (χ4v) is 4.56. The number of rotatable bonds is 8. The summed E-state index contributed by atoms with van der Waals surface area (Å²) in [6.07, 6.45) is 1.17. The molecule has 1 rings (SSSR count). The molecule has 1 unspecified atom stereocenters. The van der Waals surface area contributed by atoms with E-state index in [1.54, 1.807) is 14.2 Å². The van der Waals surface area contributed by atoms with E-state index in [1.165, 1.54) is 0 Å². The van der Waals surface area contributed by atoms with E-state index in [1.807, 2.05) is 0 Å². The Labute approximate surface area is 122 Å². The molecule has 1 heterocycles. The van der Waals surface area contributed by atoms with Gasteiger partial charge < -0.3 is 15.2 Å². The highest BCUT2D eigenvalue weighted by atomic mass is 32.2. The summed E-state index contributed by atoms with van der Waals surface area (Å²) in [7, 11) is 0.438. The first-order chi connectivity index (χ1) is 9.40. The van der Waals surface area contributed by atoms with Crippen LogP contribution in [0, 0.1) is 0 Å². The molecule has 0 aliphatic carbocycles. The normalized spacial score (nSPS) is 22.9. The summed E-state index contributed by atoms with van der Waals surface area (Å²) < 4.78 is 33.8. The van der Waals surface area contributed by atoms with E-state index < -0.39 is 9.84 Å². The van der Waals surface area contributed by atoms with Crippen molar-refractivity contribution in [3.05, 3.63) is 0 Å². The third kappa shape index (κ3) is 4.39. The molecule has 0 amide bonds. The quantitative estimate of drug-likeness (QED) is 0.673. The highest BCUT2D eigenvalue weighted by Gasteiger charge is 2.42. The lowest BCUT2D eigenvalue weighted by Gasteiger charge is -2.48. The summed E-state index contributed by atoms with van der Waals surface area (Å²) in [5.74, 6) is 0.431. The van der Waals surface area contributed by atoms with E-state index in [9.17, 15) is 8.42 Å². The van der Waals surface area contributed by atoms with Crippen molar-refractivity contribution in [3.8, 4) is 0 Å². The van der Waals surface area contributed by atoms with Crippen molar-refractivity contribution in [2.45, 2.75) is 31.3 Å². The summed E-state index contributed by atoms with van der Waals surface area (Å²) in [5, 5.41) is 0. The number of ether oxygens (including phenoxy) is 2. The summed E-state index contributed by atoms with van der Waals surface area (Å²) in [5.41, 5.74) is 5.75. The number of nitrogens with two attached hydrogens (primary N) is 1. The van der Waals surface area contributed by atoms with Crippen LogP contribution in [0.2, 0.25) is 0 Å². The standard InChI is InChI=1S/C13H28N2O4S/c1-12(10-19-3)15(6-7-18-2)13(11-14)4-8-20(16,17)9-5-13/h12H,4-11,14H2,1-3H3. The van der Waals surface area contributed by atoms with Crippen LogP contribution < -0.4 is 5.73 Å². The molecule has 0 spiro atoms. The van der Waals surface area contributed by atoms with Gasteiger partial charge in [-0.2, -0.15) is 0 Å². The second-order valence-electron chi connectivity index (χ2n) is 5.57. The molecular formula is C13H28N2O4S. The molecule has 0 aromatic rings. The molecule has 0 saturated carbocycles. The third-order valence-corrected chi connectivity index (χ3v) is 5.87. The van der Waals surface area contributed by atoms with Crippen LogP contribution in [-0.4, -0.2) is 76.9 Å². The average Bonchev–Trinajstić information content (AvgIpc) is 2.41. The first kappa shape index (κ1) is 17.8. The van der Waals surface area contributed by atoms with Crippen LogP contribution in [0.15, 0.2) is 0 Å². The van der Waals surface area contributed by atoms with Gasteiger partial charge in [-0.15, -0.1) is 0 Å². The summed E-state index contributed by atoms with van der Waals surface area (Å²) in [6.45, 7) is 4.47. The average molecular weight is 308 g/mol. The Balaban J connectivity index is 2.89. The zero-order chi connectivity index (χ0) is 15.2. The second kappa shape index (κ2) is 7.70. The monoisotopic (exact) mass is 308 g/mol. The zero-order valence-electron chi connectivity index (χ0n) is 12.8. The Bertz CT molecular complexity index is 372. The van der Waals surface area contributed by atoms with Crippen LogP contribution in [0.25, 0.3) is 0 Å². The lowest BCUT2D eigenvalue weighted by Crippen LogP contribution is -2.61. The highest BCUT2D eigenvalue weighted by molar-refractivity contribution is 7.91. The molecule has 20 heavy (non-hydrogen) atoms. The summed E-state index contributed by atoms with van der Waals surface area (Å²) in [6, 6.07) is 0.180. The Hall–Kier alpha value is -0.210. The number of nitrogens with zero attached hydrogens (tertiary/aromatic N) is 1. The third-order valence-electron chi connectivity index (χ3n) is 4.22. The zero-order valence-corrected chi connectivity index (χ0v) is 13.6. The first-order valence-corrected chi connectivity index (χ1v) is 8.88. The lowest BCUT2D eigenvalue weighted by molar-refractivity contribution is -0.00580. The van der Waals surface area contributed by atoms with Gasteiger partial charge in [0.25, 0.3) is 0 Å². The minimum absolute atomic E-state index is 0.180. The van der Waals surface area contributed by atoms with Crippen LogP contribution in [0.3, 0.4) is 0 Å². The Morgan fingerprint density at radius 1 is 1.25 bits per heavy atom. The molecule has 0 aromatic carbocycles. The van der Waals surface area contributed by atoms with Gasteiger partial charge in [0.2, 0.25) is 0 Å². The molecular weight excluding hydrogens is 280 g/mol. The molecule has 7 heteroatoms. The number of methoxy groups -OCH3 is 2. The van der Waals surface area contributed by atoms with E-state index in [0.717, 1.165) is 6.54 Å². The van der Waals surface area contributed by atoms with Gasteiger partial charge in [-0.25, -0.2) is 8.42 Å². The van der Waals surface area contributed by atoms with Gasteiger partial charge in [-0.05, 0) is 19.8 Å². The molecule has 0 bridgehead atoms. The van der Waals surface area contributed by atoms with Crippen molar-refractivity contribution < 1.29 is 17.9 Å². The Morgan fingerprint density at radius 3 is 2.30 bits per heavy atom. The minimum Gasteiger partial charge on any atom is -0.383 e. The summed E-state index contributed by atoms with van der Waals surface area (Å²) in [4.78, 5) is 2.27. The fraction of sp³-hybridized carbons (Fsp3) is 1.00. The smallest absolute Gasteiger partial charge is 0.150 e. The Kier molecular flexibility index (Phi) is 6.87. The molecule has 120 valence electrons. The maximum absolute atomic E-state index is 11.7. The molecule has 2 N–H and O–H groups in total. The van der Waals surface area contributed by atoms with Crippen LogP contribution in [0.5, 0.6) is 0 Å².